The molecule has 4 N–H and O–H groups in total. The maximum atomic E-state index is 11.8. The molecule has 0 radical (unpaired) electrons. The number of anilines is 2. The highest BCUT2D eigenvalue weighted by molar-refractivity contribution is 7.99. The number of unbranched alkanes of at least 4 members (excludes halogenated alkanes) is 1. The lowest BCUT2D eigenvalue weighted by Gasteiger charge is -2.15. The number of hydrogen-bond donors (Lipinski definition) is 3. The number of nitrogen functional groups attached to an aromatic ring is 1. The van der Waals surface area contributed by atoms with Gasteiger partial charge in [0.25, 0.3) is 5.91 Å². The van der Waals surface area contributed by atoms with Crippen molar-refractivity contribution in [3.63, 3.8) is 0 Å². The molecule has 0 spiro atoms. The summed E-state index contributed by atoms with van der Waals surface area (Å²) in [5.41, 5.74) is 6.69. The lowest BCUT2D eigenvalue weighted by atomic mass is 9.99. The van der Waals surface area contributed by atoms with Crippen molar-refractivity contribution in [3.05, 3.63) is 4.88 Å². The standard InChI is InChI=1S/C15H27N3OS2/c1-5-7-8-10(6-2)9-18-15-13(20-4)11(16)12(21-15)14(19)17-3/h10,18H,5-9,16H2,1-4H3,(H,17,19). The highest BCUT2D eigenvalue weighted by Crippen LogP contribution is 2.41. The molecule has 0 aliphatic heterocycles. The van der Waals surface area contributed by atoms with E-state index in [-0.39, 0.29) is 5.91 Å². The van der Waals surface area contributed by atoms with Crippen LogP contribution in [0.15, 0.2) is 4.90 Å². The molecule has 21 heavy (non-hydrogen) atoms. The third-order valence-electron chi connectivity index (χ3n) is 3.63. The Balaban J connectivity index is 2.80. The van der Waals surface area contributed by atoms with Crippen LogP contribution >= 0.6 is 23.1 Å². The van der Waals surface area contributed by atoms with Crippen LogP contribution in [-0.4, -0.2) is 25.8 Å². The molecular formula is C15H27N3OS2. The highest BCUT2D eigenvalue weighted by Gasteiger charge is 2.20. The van der Waals surface area contributed by atoms with Gasteiger partial charge in [0.1, 0.15) is 9.88 Å². The fourth-order valence-electron chi connectivity index (χ4n) is 2.21. The van der Waals surface area contributed by atoms with Crippen molar-refractivity contribution in [3.8, 4) is 0 Å². The smallest absolute Gasteiger partial charge is 0.263 e. The first-order valence-electron chi connectivity index (χ1n) is 7.51. The van der Waals surface area contributed by atoms with Gasteiger partial charge in [-0.3, -0.25) is 4.79 Å². The molecule has 120 valence electrons. The number of amides is 1. The van der Waals surface area contributed by atoms with E-state index in [0.29, 0.717) is 16.5 Å². The van der Waals surface area contributed by atoms with Gasteiger partial charge in [0.05, 0.1) is 10.6 Å². The SMILES string of the molecule is CCCCC(CC)CNc1sc(C(=O)NC)c(N)c1SC. The normalized spacial score (nSPS) is 12.2. The van der Waals surface area contributed by atoms with Gasteiger partial charge in [0.15, 0.2) is 0 Å². The van der Waals surface area contributed by atoms with E-state index in [1.165, 1.54) is 37.0 Å². The van der Waals surface area contributed by atoms with Crippen LogP contribution in [0.1, 0.15) is 49.2 Å². The molecule has 4 nitrogen and oxygen atoms in total. The van der Waals surface area contributed by atoms with Gasteiger partial charge in [-0.05, 0) is 18.6 Å². The molecule has 6 heteroatoms. The van der Waals surface area contributed by atoms with E-state index in [0.717, 1.165) is 16.4 Å². The van der Waals surface area contributed by atoms with Crippen molar-refractivity contribution < 1.29 is 4.79 Å². The summed E-state index contributed by atoms with van der Waals surface area (Å²) in [6, 6.07) is 0. The minimum atomic E-state index is -0.112. The summed E-state index contributed by atoms with van der Waals surface area (Å²) in [7, 11) is 1.63. The number of carbonyl (C=O) groups excluding carboxylic acids is 1. The zero-order valence-electron chi connectivity index (χ0n) is 13.4. The number of hydrogen-bond acceptors (Lipinski definition) is 5. The molecule has 0 saturated heterocycles. The highest BCUT2D eigenvalue weighted by atomic mass is 32.2. The lowest BCUT2D eigenvalue weighted by molar-refractivity contribution is 0.0968. The first kappa shape index (κ1) is 18.2. The van der Waals surface area contributed by atoms with Gasteiger partial charge >= 0.3 is 0 Å². The Bertz CT molecular complexity index is 460. The van der Waals surface area contributed by atoms with Crippen molar-refractivity contribution >= 4 is 39.7 Å². The van der Waals surface area contributed by atoms with Gasteiger partial charge in [-0.15, -0.1) is 23.1 Å². The second-order valence-electron chi connectivity index (χ2n) is 5.08. The minimum Gasteiger partial charge on any atom is -0.396 e. The number of nitrogens with two attached hydrogens (primary N) is 1. The predicted molar refractivity (Wildman–Crippen MR) is 95.7 cm³/mol. The topological polar surface area (TPSA) is 67.2 Å². The first-order valence-corrected chi connectivity index (χ1v) is 9.55. The van der Waals surface area contributed by atoms with E-state index in [4.69, 9.17) is 5.73 Å². The van der Waals surface area contributed by atoms with E-state index in [1.54, 1.807) is 18.8 Å². The quantitative estimate of drug-likeness (QED) is 0.598. The van der Waals surface area contributed by atoms with Crippen molar-refractivity contribution in [1.29, 1.82) is 0 Å². The Morgan fingerprint density at radius 2 is 2.14 bits per heavy atom. The molecule has 1 heterocycles. The number of nitrogens with one attached hydrogen (secondary N) is 2. The van der Waals surface area contributed by atoms with Crippen LogP contribution in [-0.2, 0) is 0 Å². The maximum absolute atomic E-state index is 11.8. The molecule has 0 bridgehead atoms. The Morgan fingerprint density at radius 3 is 2.67 bits per heavy atom. The van der Waals surface area contributed by atoms with Crippen LogP contribution in [0.4, 0.5) is 10.7 Å². The first-order chi connectivity index (χ1) is 10.1. The van der Waals surface area contributed by atoms with E-state index in [1.807, 2.05) is 6.26 Å². The van der Waals surface area contributed by atoms with Crippen LogP contribution in [0.2, 0.25) is 0 Å². The lowest BCUT2D eigenvalue weighted by Crippen LogP contribution is -2.17. The Kier molecular flexibility index (Phi) is 7.96. The largest absolute Gasteiger partial charge is 0.396 e. The van der Waals surface area contributed by atoms with Crippen LogP contribution in [0, 0.1) is 5.92 Å². The Hall–Kier alpha value is -0.880. The van der Waals surface area contributed by atoms with Crippen molar-refractivity contribution in [1.82, 2.24) is 5.32 Å². The van der Waals surface area contributed by atoms with Crippen molar-refractivity contribution in [2.45, 2.75) is 44.4 Å². The molecule has 1 aromatic heterocycles. The fourth-order valence-corrected chi connectivity index (χ4v) is 4.20. The Morgan fingerprint density at radius 1 is 1.43 bits per heavy atom. The zero-order chi connectivity index (χ0) is 15.8. The summed E-state index contributed by atoms with van der Waals surface area (Å²) in [6.45, 7) is 5.40. The summed E-state index contributed by atoms with van der Waals surface area (Å²) < 4.78 is 0. The van der Waals surface area contributed by atoms with Gasteiger partial charge in [0, 0.05) is 13.6 Å². The summed E-state index contributed by atoms with van der Waals surface area (Å²) in [4.78, 5) is 13.4. The molecular weight excluding hydrogens is 302 g/mol. The average Bonchev–Trinajstić information content (AvgIpc) is 2.82. The summed E-state index contributed by atoms with van der Waals surface area (Å²) in [5.74, 6) is 0.560. The van der Waals surface area contributed by atoms with Crippen LogP contribution in [0.3, 0.4) is 0 Å². The average molecular weight is 330 g/mol. The van der Waals surface area contributed by atoms with Crippen molar-refractivity contribution in [2.75, 3.05) is 30.9 Å². The van der Waals surface area contributed by atoms with Gasteiger partial charge in [-0.2, -0.15) is 0 Å². The number of thiophene rings is 1. The zero-order valence-corrected chi connectivity index (χ0v) is 15.0. The second kappa shape index (κ2) is 9.20. The monoisotopic (exact) mass is 329 g/mol. The maximum Gasteiger partial charge on any atom is 0.263 e. The molecule has 0 aliphatic carbocycles. The molecule has 0 fully saturated rings. The third kappa shape index (κ3) is 4.81. The molecule has 0 saturated carbocycles. The fraction of sp³-hybridized carbons (Fsp3) is 0.667. The third-order valence-corrected chi connectivity index (χ3v) is 5.76. The molecule has 1 rings (SSSR count). The summed E-state index contributed by atoms with van der Waals surface area (Å²) in [6.07, 6.45) is 6.92. The molecule has 1 unspecified atom stereocenters. The molecule has 1 atom stereocenters. The van der Waals surface area contributed by atoms with E-state index >= 15 is 0 Å². The minimum absolute atomic E-state index is 0.112. The van der Waals surface area contributed by atoms with Crippen LogP contribution in [0.25, 0.3) is 0 Å². The molecule has 1 aromatic rings. The second-order valence-corrected chi connectivity index (χ2v) is 6.92. The van der Waals surface area contributed by atoms with Gasteiger partial charge < -0.3 is 16.4 Å². The molecule has 1 amide bonds. The van der Waals surface area contributed by atoms with E-state index < -0.39 is 0 Å². The summed E-state index contributed by atoms with van der Waals surface area (Å²) >= 11 is 3.04. The van der Waals surface area contributed by atoms with Crippen LogP contribution in [0.5, 0.6) is 0 Å². The molecule has 0 aliphatic rings. The number of thioether (sulfide) groups is 1. The summed E-state index contributed by atoms with van der Waals surface area (Å²) in [5, 5.41) is 7.17. The van der Waals surface area contributed by atoms with Gasteiger partial charge in [-0.25, -0.2) is 0 Å². The molecule has 0 aromatic carbocycles. The van der Waals surface area contributed by atoms with Crippen LogP contribution < -0.4 is 16.4 Å². The van der Waals surface area contributed by atoms with Gasteiger partial charge in [0.2, 0.25) is 0 Å². The van der Waals surface area contributed by atoms with Crippen molar-refractivity contribution in [2.24, 2.45) is 5.92 Å². The van der Waals surface area contributed by atoms with E-state index in [9.17, 15) is 4.79 Å². The Labute approximate surface area is 136 Å². The number of carbonyl (C=O) groups is 1. The van der Waals surface area contributed by atoms with Gasteiger partial charge in [-0.1, -0.05) is 33.1 Å². The predicted octanol–water partition coefficient (Wildman–Crippen LogP) is 4.04. The number of rotatable bonds is 9. The van der Waals surface area contributed by atoms with E-state index in [2.05, 4.69) is 24.5 Å².